The van der Waals surface area contributed by atoms with E-state index < -0.39 is 5.91 Å². The van der Waals surface area contributed by atoms with Crippen LogP contribution in [0.3, 0.4) is 0 Å². The lowest BCUT2D eigenvalue weighted by molar-refractivity contribution is -0.114. The van der Waals surface area contributed by atoms with E-state index in [4.69, 9.17) is 5.26 Å². The fourth-order valence-electron chi connectivity index (χ4n) is 0.0551. The van der Waals surface area contributed by atoms with E-state index in [0.29, 0.717) is 0 Å². The minimum Gasteiger partial charge on any atom is -0.365 e. The molecular formula is C7H13N3O. The summed E-state index contributed by atoms with van der Waals surface area (Å²) in [5.41, 5.74) is 4.38. The van der Waals surface area contributed by atoms with Crippen LogP contribution in [0.2, 0.25) is 0 Å². The van der Waals surface area contributed by atoms with Crippen molar-refractivity contribution in [2.45, 2.75) is 0 Å². The van der Waals surface area contributed by atoms with Crippen molar-refractivity contribution in [2.24, 2.45) is 5.73 Å². The number of carbonyl (C=O) groups excluding carboxylic acids is 1. The van der Waals surface area contributed by atoms with Crippen molar-refractivity contribution >= 4 is 5.91 Å². The molecule has 0 aliphatic carbocycles. The first-order valence-corrected chi connectivity index (χ1v) is 2.91. The van der Waals surface area contributed by atoms with E-state index in [2.05, 4.69) is 12.3 Å². The van der Waals surface area contributed by atoms with Gasteiger partial charge in [0.2, 0.25) is 0 Å². The van der Waals surface area contributed by atoms with Crippen LogP contribution in [-0.2, 0) is 4.79 Å². The summed E-state index contributed by atoms with van der Waals surface area (Å²) in [6.07, 6.45) is 0. The molecule has 0 saturated carbocycles. The minimum atomic E-state index is -0.762. The zero-order chi connectivity index (χ0) is 9.44. The number of rotatable bonds is 1. The predicted octanol–water partition coefficient (Wildman–Crippen LogP) is -0.271. The Hall–Kier alpha value is -1.34. The fourth-order valence-corrected chi connectivity index (χ4v) is 0.0551. The Morgan fingerprint density at radius 3 is 1.82 bits per heavy atom. The molecule has 1 amide bonds. The number of primary amides is 1. The highest BCUT2D eigenvalue weighted by atomic mass is 16.1. The quantitative estimate of drug-likeness (QED) is 0.418. The molecule has 0 heterocycles. The first-order valence-electron chi connectivity index (χ1n) is 2.91. The molecule has 0 aromatic heterocycles. The van der Waals surface area contributed by atoms with Gasteiger partial charge in [-0.2, -0.15) is 5.26 Å². The highest BCUT2D eigenvalue weighted by molar-refractivity contribution is 5.95. The highest BCUT2D eigenvalue weighted by Crippen LogP contribution is 1.78. The summed E-state index contributed by atoms with van der Waals surface area (Å²) in [7, 11) is 6.00. The Kier molecular flexibility index (Phi) is 7.61. The first-order chi connectivity index (χ1) is 4.91. The standard InChI is InChI=1S/C4H4N2O.C3H9N/c1-3(2-5)4(6)7;1-4(2)3/h1H2,(H2,6,7);1-3H3. The smallest absolute Gasteiger partial charge is 0.258 e. The normalized spacial score (nSPS) is 7.55. The monoisotopic (exact) mass is 155 g/mol. The van der Waals surface area contributed by atoms with Crippen molar-refractivity contribution in [1.29, 1.82) is 5.26 Å². The maximum Gasteiger partial charge on any atom is 0.258 e. The van der Waals surface area contributed by atoms with Crippen LogP contribution in [0.1, 0.15) is 0 Å². The summed E-state index contributed by atoms with van der Waals surface area (Å²) in [5, 5.41) is 7.85. The lowest BCUT2D eigenvalue weighted by Crippen LogP contribution is -2.11. The Labute approximate surface area is 66.9 Å². The molecule has 0 rings (SSSR count). The van der Waals surface area contributed by atoms with E-state index in [1.807, 2.05) is 26.0 Å². The van der Waals surface area contributed by atoms with Gasteiger partial charge in [-0.3, -0.25) is 4.79 Å². The van der Waals surface area contributed by atoms with E-state index in [1.165, 1.54) is 6.07 Å². The van der Waals surface area contributed by atoms with E-state index in [9.17, 15) is 4.79 Å². The minimum absolute atomic E-state index is 0.208. The fraction of sp³-hybridized carbons (Fsp3) is 0.429. The highest BCUT2D eigenvalue weighted by Gasteiger charge is 1.94. The molecule has 0 aliphatic rings. The molecule has 4 nitrogen and oxygen atoms in total. The van der Waals surface area contributed by atoms with E-state index in [0.717, 1.165) is 0 Å². The molecule has 0 bridgehead atoms. The summed E-state index contributed by atoms with van der Waals surface area (Å²) in [6.45, 7) is 3.04. The molecule has 0 radical (unpaired) electrons. The maximum absolute atomic E-state index is 9.83. The van der Waals surface area contributed by atoms with Gasteiger partial charge in [0, 0.05) is 0 Å². The SMILES string of the molecule is C=C(C#N)C(N)=O.CN(C)C. The van der Waals surface area contributed by atoms with Crippen LogP contribution in [0.15, 0.2) is 12.2 Å². The summed E-state index contributed by atoms with van der Waals surface area (Å²) in [4.78, 5) is 11.8. The van der Waals surface area contributed by atoms with Gasteiger partial charge in [-0.05, 0) is 21.1 Å². The number of amides is 1. The number of hydrogen-bond acceptors (Lipinski definition) is 3. The van der Waals surface area contributed by atoms with Crippen molar-refractivity contribution in [3.05, 3.63) is 12.2 Å². The van der Waals surface area contributed by atoms with E-state index >= 15 is 0 Å². The van der Waals surface area contributed by atoms with Crippen molar-refractivity contribution in [1.82, 2.24) is 4.90 Å². The van der Waals surface area contributed by atoms with Gasteiger partial charge in [-0.15, -0.1) is 0 Å². The number of hydrogen-bond donors (Lipinski definition) is 1. The average Bonchev–Trinajstić information content (AvgIpc) is 1.85. The molecule has 0 spiro atoms. The third-order valence-corrected chi connectivity index (χ3v) is 0.432. The second-order valence-electron chi connectivity index (χ2n) is 2.30. The summed E-state index contributed by atoms with van der Waals surface area (Å²) in [6, 6.07) is 1.50. The molecule has 2 N–H and O–H groups in total. The zero-order valence-corrected chi connectivity index (χ0v) is 7.09. The number of carbonyl (C=O) groups is 1. The Morgan fingerprint density at radius 1 is 1.55 bits per heavy atom. The molecule has 0 aliphatic heterocycles. The summed E-state index contributed by atoms with van der Waals surface area (Å²) in [5.74, 6) is -0.762. The van der Waals surface area contributed by atoms with Crippen LogP contribution in [-0.4, -0.2) is 32.0 Å². The number of nitriles is 1. The van der Waals surface area contributed by atoms with Crippen molar-refractivity contribution in [3.8, 4) is 6.07 Å². The average molecular weight is 155 g/mol. The van der Waals surface area contributed by atoms with E-state index in [1.54, 1.807) is 0 Å². The van der Waals surface area contributed by atoms with Crippen LogP contribution >= 0.6 is 0 Å². The Balaban J connectivity index is 0. The van der Waals surface area contributed by atoms with Gasteiger partial charge in [0.05, 0.1) is 0 Å². The Morgan fingerprint density at radius 2 is 1.82 bits per heavy atom. The zero-order valence-electron chi connectivity index (χ0n) is 7.09. The topological polar surface area (TPSA) is 70.1 Å². The molecule has 0 saturated heterocycles. The molecule has 62 valence electrons. The Bertz CT molecular complexity index is 176. The molecule has 0 fully saturated rings. The van der Waals surface area contributed by atoms with E-state index in [-0.39, 0.29) is 5.57 Å². The second-order valence-corrected chi connectivity index (χ2v) is 2.30. The van der Waals surface area contributed by atoms with Crippen LogP contribution in [0.5, 0.6) is 0 Å². The third kappa shape index (κ3) is 17.7. The molecule has 0 unspecified atom stereocenters. The number of nitrogens with zero attached hydrogens (tertiary/aromatic N) is 2. The van der Waals surface area contributed by atoms with Crippen LogP contribution < -0.4 is 5.73 Å². The molecule has 0 atom stereocenters. The molecule has 4 heteroatoms. The molecular weight excluding hydrogens is 142 g/mol. The van der Waals surface area contributed by atoms with Gasteiger partial charge in [0.15, 0.2) is 0 Å². The first kappa shape index (κ1) is 12.3. The van der Waals surface area contributed by atoms with Crippen LogP contribution in [0.4, 0.5) is 0 Å². The maximum atomic E-state index is 9.83. The van der Waals surface area contributed by atoms with Gasteiger partial charge in [-0.1, -0.05) is 6.58 Å². The van der Waals surface area contributed by atoms with Gasteiger partial charge < -0.3 is 10.6 Å². The molecule has 0 aromatic rings. The largest absolute Gasteiger partial charge is 0.365 e. The van der Waals surface area contributed by atoms with Gasteiger partial charge >= 0.3 is 0 Å². The summed E-state index contributed by atoms with van der Waals surface area (Å²) >= 11 is 0. The van der Waals surface area contributed by atoms with Crippen molar-refractivity contribution in [3.63, 3.8) is 0 Å². The van der Waals surface area contributed by atoms with Gasteiger partial charge in [0.1, 0.15) is 11.6 Å². The third-order valence-electron chi connectivity index (χ3n) is 0.432. The number of nitrogens with two attached hydrogens (primary N) is 1. The second kappa shape index (κ2) is 6.78. The molecule has 0 aromatic carbocycles. The van der Waals surface area contributed by atoms with Crippen LogP contribution in [0.25, 0.3) is 0 Å². The van der Waals surface area contributed by atoms with Crippen molar-refractivity contribution < 1.29 is 4.79 Å². The lowest BCUT2D eigenvalue weighted by atomic mass is 10.3. The lowest BCUT2D eigenvalue weighted by Gasteiger charge is -1.90. The van der Waals surface area contributed by atoms with Gasteiger partial charge in [-0.25, -0.2) is 0 Å². The van der Waals surface area contributed by atoms with Crippen molar-refractivity contribution in [2.75, 3.05) is 21.1 Å². The van der Waals surface area contributed by atoms with Gasteiger partial charge in [0.25, 0.3) is 5.91 Å². The molecule has 11 heavy (non-hydrogen) atoms. The predicted molar refractivity (Wildman–Crippen MR) is 43.6 cm³/mol. The van der Waals surface area contributed by atoms with Crippen LogP contribution in [0, 0.1) is 11.3 Å². The summed E-state index contributed by atoms with van der Waals surface area (Å²) < 4.78 is 0.